The summed E-state index contributed by atoms with van der Waals surface area (Å²) < 4.78 is 39.1. The van der Waals surface area contributed by atoms with Crippen molar-refractivity contribution in [3.05, 3.63) is 103 Å². The zero-order valence-electron chi connectivity index (χ0n) is 24.8. The zero-order valence-corrected chi connectivity index (χ0v) is 29.6. The topological polar surface area (TPSA) is 136 Å². The molecule has 0 atom stereocenters. The van der Waals surface area contributed by atoms with Gasteiger partial charge in [-0.3, -0.25) is 4.79 Å². The molecule has 0 bridgehead atoms. The van der Waals surface area contributed by atoms with Crippen LogP contribution in [0, 0.1) is 0 Å². The third-order valence-electron chi connectivity index (χ3n) is 6.17. The van der Waals surface area contributed by atoms with E-state index < -0.39 is 12.6 Å². The fourth-order valence-electron chi connectivity index (χ4n) is 3.91. The predicted molar refractivity (Wildman–Crippen MR) is 179 cm³/mol. The molecule has 2 aliphatic rings. The second-order valence-corrected chi connectivity index (χ2v) is 10.8. The van der Waals surface area contributed by atoms with Gasteiger partial charge in [-0.25, -0.2) is 15.0 Å². The van der Waals surface area contributed by atoms with Crippen molar-refractivity contribution in [3.8, 4) is 17.4 Å². The molecule has 2 aliphatic heterocycles. The van der Waals surface area contributed by atoms with Crippen LogP contribution < -0.4 is 19.8 Å². The van der Waals surface area contributed by atoms with Crippen LogP contribution in [-0.4, -0.2) is 60.6 Å². The van der Waals surface area contributed by atoms with Gasteiger partial charge < -0.3 is 38.1 Å². The van der Waals surface area contributed by atoms with Crippen LogP contribution in [0.3, 0.4) is 0 Å². The molecule has 2 fully saturated rings. The highest BCUT2D eigenvalue weighted by atomic mass is 79.9. The van der Waals surface area contributed by atoms with E-state index >= 15 is 0 Å². The summed E-state index contributed by atoms with van der Waals surface area (Å²) in [7, 11) is 3.10. The number of H-pyrrole nitrogens is 1. The summed E-state index contributed by atoms with van der Waals surface area (Å²) in [4.78, 5) is 26.3. The van der Waals surface area contributed by atoms with E-state index in [4.69, 9.17) is 44.8 Å². The Labute approximate surface area is 293 Å². The summed E-state index contributed by atoms with van der Waals surface area (Å²) in [5.41, 5.74) is 2.97. The summed E-state index contributed by atoms with van der Waals surface area (Å²) in [5.74, 6) is 2.18. The first-order valence-electron chi connectivity index (χ1n) is 13.6. The van der Waals surface area contributed by atoms with Gasteiger partial charge in [-0.05, 0) is 55.6 Å². The van der Waals surface area contributed by atoms with E-state index in [9.17, 15) is 4.79 Å². The maximum absolute atomic E-state index is 11.4. The van der Waals surface area contributed by atoms with Crippen molar-refractivity contribution in [2.75, 3.05) is 40.6 Å². The molecular weight excluding hydrogens is 775 g/mol. The van der Waals surface area contributed by atoms with Gasteiger partial charge in [0.1, 0.15) is 27.3 Å². The second-order valence-electron chi connectivity index (χ2n) is 9.06. The lowest BCUT2D eigenvalue weighted by atomic mass is 10.2. The molecule has 0 unspecified atom stereocenters. The Morgan fingerprint density at radius 1 is 0.870 bits per heavy atom. The van der Waals surface area contributed by atoms with Gasteiger partial charge in [-0.15, -0.1) is 24.0 Å². The fourth-order valence-corrected chi connectivity index (χ4v) is 5.04. The van der Waals surface area contributed by atoms with Crippen LogP contribution in [0.4, 0.5) is 0 Å². The van der Waals surface area contributed by atoms with Crippen molar-refractivity contribution >= 4 is 55.9 Å². The fraction of sp³-hybridized carbons (Fsp3) is 0.333. The van der Waals surface area contributed by atoms with Crippen molar-refractivity contribution in [2.24, 2.45) is 0 Å². The summed E-state index contributed by atoms with van der Waals surface area (Å²) in [5, 5.41) is 0. The summed E-state index contributed by atoms with van der Waals surface area (Å²) in [6, 6.07) is 11.0. The highest BCUT2D eigenvalue weighted by Gasteiger charge is 2.24. The van der Waals surface area contributed by atoms with Gasteiger partial charge in [0.05, 0.1) is 63.9 Å². The molecule has 0 aliphatic carbocycles. The molecule has 1 N–H and O–H groups in total. The molecule has 6 rings (SSSR count). The first-order valence-corrected chi connectivity index (χ1v) is 15.7. The maximum atomic E-state index is 11.4. The minimum absolute atomic E-state index is 0. The lowest BCUT2D eigenvalue weighted by Crippen LogP contribution is -2.16. The third kappa shape index (κ3) is 10.9. The van der Waals surface area contributed by atoms with Crippen LogP contribution in [0.15, 0.2) is 75.2 Å². The maximum Gasteiger partial charge on any atom is 0.256 e. The number of hydrogen-bond acceptors (Lipinski definition) is 11. The number of nitrogens with one attached hydrogen (secondary N) is 1. The number of ether oxygens (including phenoxy) is 7. The van der Waals surface area contributed by atoms with Crippen LogP contribution in [0.1, 0.15) is 34.8 Å². The number of rotatable bonds is 8. The van der Waals surface area contributed by atoms with Gasteiger partial charge in [0, 0.05) is 30.2 Å². The largest absolute Gasteiger partial charge is 0.495 e. The van der Waals surface area contributed by atoms with Gasteiger partial charge in [-0.2, -0.15) is 0 Å². The molecule has 0 radical (unpaired) electrons. The molecule has 0 spiro atoms. The Hall–Kier alpha value is -2.82. The highest BCUT2D eigenvalue weighted by Crippen LogP contribution is 2.33. The molecule has 248 valence electrons. The number of nitrogens with zero attached hydrogens (tertiary/aromatic N) is 3. The van der Waals surface area contributed by atoms with Crippen molar-refractivity contribution in [1.29, 1.82) is 0 Å². The number of hydrogen-bond donors (Lipinski definition) is 1. The standard InChI is InChI=1S/C15H15BrN2O4.C9H11NO4.C6H5BrClN.ClH/c1-19-13-7-11(15-20-5-6-21-15)12(8-18-13)22-9-10-3-2-4-17-14(10)16;1-12-6-4-7(8(11)10-5-6)9-13-2-3-14-9;7-6-5(4-8)2-1-3-9-6;/h2-4,7-8,15H,5-6,9H2,1H3;4-5,9H,2-3H2,1H3,(H,10,11);1-3H,4H2;1H. The van der Waals surface area contributed by atoms with E-state index in [-0.39, 0.29) is 18.0 Å². The van der Waals surface area contributed by atoms with E-state index in [0.717, 1.165) is 25.9 Å². The van der Waals surface area contributed by atoms with Gasteiger partial charge in [0.25, 0.3) is 5.56 Å². The summed E-state index contributed by atoms with van der Waals surface area (Å²) >= 11 is 12.2. The second kappa shape index (κ2) is 19.8. The molecule has 46 heavy (non-hydrogen) atoms. The van der Waals surface area contributed by atoms with E-state index in [0.29, 0.717) is 61.9 Å². The normalized spacial score (nSPS) is 14.3. The molecule has 0 amide bonds. The van der Waals surface area contributed by atoms with Gasteiger partial charge in [0.2, 0.25) is 5.88 Å². The Kier molecular flexibility index (Phi) is 16.2. The Morgan fingerprint density at radius 3 is 1.98 bits per heavy atom. The van der Waals surface area contributed by atoms with E-state index in [1.54, 1.807) is 37.8 Å². The van der Waals surface area contributed by atoms with Crippen LogP contribution >= 0.6 is 55.9 Å². The molecule has 12 nitrogen and oxygen atoms in total. The van der Waals surface area contributed by atoms with Crippen molar-refractivity contribution in [1.82, 2.24) is 19.9 Å². The number of pyridine rings is 4. The van der Waals surface area contributed by atoms with Gasteiger partial charge in [0.15, 0.2) is 12.6 Å². The Balaban J connectivity index is 0.000000205. The SMILES string of the molecule is COc1c[nH]c(=O)c(C2OCCO2)c1.COc1cc(C2OCCO2)c(OCc2cccnc2Br)cn1.Cl.ClCc1cccnc1Br. The van der Waals surface area contributed by atoms with Crippen molar-refractivity contribution in [3.63, 3.8) is 0 Å². The number of halogens is 4. The number of aromatic nitrogens is 4. The van der Waals surface area contributed by atoms with Crippen LogP contribution in [0.25, 0.3) is 0 Å². The third-order valence-corrected chi connectivity index (χ3v) is 7.89. The molecule has 4 aromatic rings. The zero-order chi connectivity index (χ0) is 32.0. The molecular formula is C30H32Br2Cl2N4O8. The number of methoxy groups -OCH3 is 2. The van der Waals surface area contributed by atoms with Crippen LogP contribution in [0.5, 0.6) is 17.4 Å². The first kappa shape index (κ1) is 37.6. The first-order chi connectivity index (χ1) is 21.9. The van der Waals surface area contributed by atoms with E-state index in [1.165, 1.54) is 13.3 Å². The van der Waals surface area contributed by atoms with Crippen molar-refractivity contribution in [2.45, 2.75) is 25.1 Å². The molecule has 2 saturated heterocycles. The Bertz CT molecular complexity index is 1570. The Morgan fingerprint density at radius 2 is 1.46 bits per heavy atom. The number of aromatic amines is 1. The van der Waals surface area contributed by atoms with E-state index in [2.05, 4.69) is 51.8 Å². The van der Waals surface area contributed by atoms with Gasteiger partial charge >= 0.3 is 0 Å². The number of alkyl halides is 1. The average molecular weight is 807 g/mol. The minimum Gasteiger partial charge on any atom is -0.495 e. The van der Waals surface area contributed by atoms with Crippen LogP contribution in [0.2, 0.25) is 0 Å². The molecule has 0 saturated carbocycles. The lowest BCUT2D eigenvalue weighted by molar-refractivity contribution is -0.0461. The lowest BCUT2D eigenvalue weighted by Gasteiger charge is -2.16. The van der Waals surface area contributed by atoms with E-state index in [1.807, 2.05) is 24.3 Å². The minimum atomic E-state index is -0.561. The molecule has 16 heteroatoms. The predicted octanol–water partition coefficient (Wildman–Crippen LogP) is 6.31. The average Bonchev–Trinajstić information content (AvgIpc) is 3.81. The monoisotopic (exact) mass is 804 g/mol. The van der Waals surface area contributed by atoms with Crippen LogP contribution in [-0.2, 0) is 31.4 Å². The van der Waals surface area contributed by atoms with Crippen molar-refractivity contribution < 1.29 is 33.2 Å². The molecule has 4 aromatic heterocycles. The smallest absolute Gasteiger partial charge is 0.256 e. The highest BCUT2D eigenvalue weighted by molar-refractivity contribution is 9.10. The summed E-state index contributed by atoms with van der Waals surface area (Å²) in [6.07, 6.45) is 5.54. The molecule has 6 heterocycles. The quantitative estimate of drug-likeness (QED) is 0.159. The molecule has 0 aromatic carbocycles. The van der Waals surface area contributed by atoms with Gasteiger partial charge in [-0.1, -0.05) is 12.1 Å². The summed E-state index contributed by atoms with van der Waals surface area (Å²) in [6.45, 7) is 2.51.